The van der Waals surface area contributed by atoms with Gasteiger partial charge in [-0.3, -0.25) is 4.98 Å². The zero-order valence-electron chi connectivity index (χ0n) is 10.3. The van der Waals surface area contributed by atoms with Crippen molar-refractivity contribution in [3.8, 4) is 11.3 Å². The number of aliphatic hydroxyl groups is 1. The fraction of sp³-hybridized carbons (Fsp3) is 0.267. The Labute approximate surface area is 102 Å². The summed E-state index contributed by atoms with van der Waals surface area (Å²) in [6.45, 7) is 4.36. The summed E-state index contributed by atoms with van der Waals surface area (Å²) in [7, 11) is 0. The van der Waals surface area contributed by atoms with E-state index in [1.807, 2.05) is 18.2 Å². The standard InChI is InChI=1S/C15H17NO/c1-11-6-7-13(10-12(11)2)15-5-3-4-14(16-15)8-9-17/h3-7,10,17H,8-9H2,1-2H3. The molecule has 2 heteroatoms. The Kier molecular flexibility index (Phi) is 3.55. The molecule has 0 saturated heterocycles. The average Bonchev–Trinajstić information content (AvgIpc) is 2.33. The lowest BCUT2D eigenvalue weighted by Gasteiger charge is -2.06. The molecule has 0 atom stereocenters. The van der Waals surface area contributed by atoms with Crippen LogP contribution in [-0.2, 0) is 6.42 Å². The number of benzene rings is 1. The predicted molar refractivity (Wildman–Crippen MR) is 69.9 cm³/mol. The summed E-state index contributed by atoms with van der Waals surface area (Å²) >= 11 is 0. The Bertz CT molecular complexity index is 520. The minimum atomic E-state index is 0.142. The summed E-state index contributed by atoms with van der Waals surface area (Å²) in [5.74, 6) is 0. The van der Waals surface area contributed by atoms with Crippen LogP contribution in [0, 0.1) is 13.8 Å². The van der Waals surface area contributed by atoms with Gasteiger partial charge in [0, 0.05) is 24.3 Å². The number of hydrogen-bond donors (Lipinski definition) is 1. The lowest BCUT2D eigenvalue weighted by atomic mass is 10.0. The molecule has 0 spiro atoms. The molecule has 0 aliphatic rings. The molecule has 0 saturated carbocycles. The molecular weight excluding hydrogens is 210 g/mol. The van der Waals surface area contributed by atoms with Gasteiger partial charge in [-0.05, 0) is 43.2 Å². The largest absolute Gasteiger partial charge is 0.396 e. The highest BCUT2D eigenvalue weighted by atomic mass is 16.3. The molecule has 2 aromatic rings. The van der Waals surface area contributed by atoms with Crippen LogP contribution in [0.4, 0.5) is 0 Å². The van der Waals surface area contributed by atoms with Crippen molar-refractivity contribution in [2.45, 2.75) is 20.3 Å². The van der Waals surface area contributed by atoms with Gasteiger partial charge >= 0.3 is 0 Å². The molecule has 1 aromatic carbocycles. The van der Waals surface area contributed by atoms with E-state index < -0.39 is 0 Å². The summed E-state index contributed by atoms with van der Waals surface area (Å²) in [4.78, 5) is 4.54. The first-order valence-electron chi connectivity index (χ1n) is 5.85. The fourth-order valence-electron chi connectivity index (χ4n) is 1.79. The Morgan fingerprint density at radius 1 is 1.06 bits per heavy atom. The Morgan fingerprint density at radius 2 is 1.88 bits per heavy atom. The average molecular weight is 227 g/mol. The molecule has 0 aliphatic heterocycles. The third-order valence-electron chi connectivity index (χ3n) is 2.98. The second kappa shape index (κ2) is 5.11. The Hall–Kier alpha value is -1.67. The predicted octanol–water partition coefficient (Wildman–Crippen LogP) is 2.90. The summed E-state index contributed by atoms with van der Waals surface area (Å²) in [6.07, 6.45) is 0.610. The van der Waals surface area contributed by atoms with Gasteiger partial charge in [0.15, 0.2) is 0 Å². The van der Waals surface area contributed by atoms with Crippen molar-refractivity contribution in [1.29, 1.82) is 0 Å². The minimum Gasteiger partial charge on any atom is -0.396 e. The lowest BCUT2D eigenvalue weighted by molar-refractivity contribution is 0.298. The number of aromatic nitrogens is 1. The van der Waals surface area contributed by atoms with Gasteiger partial charge < -0.3 is 5.11 Å². The van der Waals surface area contributed by atoms with Crippen LogP contribution in [0.1, 0.15) is 16.8 Å². The van der Waals surface area contributed by atoms with Crippen LogP contribution in [0.5, 0.6) is 0 Å². The van der Waals surface area contributed by atoms with Gasteiger partial charge in [0.05, 0.1) is 5.69 Å². The highest BCUT2D eigenvalue weighted by molar-refractivity contribution is 5.61. The van der Waals surface area contributed by atoms with E-state index in [-0.39, 0.29) is 6.61 Å². The normalized spacial score (nSPS) is 10.5. The van der Waals surface area contributed by atoms with E-state index in [1.54, 1.807) is 0 Å². The monoisotopic (exact) mass is 227 g/mol. The molecule has 2 nitrogen and oxygen atoms in total. The van der Waals surface area contributed by atoms with E-state index in [9.17, 15) is 0 Å². The highest BCUT2D eigenvalue weighted by Gasteiger charge is 2.02. The van der Waals surface area contributed by atoms with Gasteiger partial charge in [-0.25, -0.2) is 0 Å². The second-order valence-electron chi connectivity index (χ2n) is 4.29. The molecule has 17 heavy (non-hydrogen) atoms. The molecule has 1 heterocycles. The minimum absolute atomic E-state index is 0.142. The van der Waals surface area contributed by atoms with Crippen LogP contribution in [0.15, 0.2) is 36.4 Å². The van der Waals surface area contributed by atoms with Crippen molar-refractivity contribution < 1.29 is 5.11 Å². The van der Waals surface area contributed by atoms with Crippen molar-refractivity contribution in [2.75, 3.05) is 6.61 Å². The summed E-state index contributed by atoms with van der Waals surface area (Å²) < 4.78 is 0. The number of pyridine rings is 1. The maximum absolute atomic E-state index is 8.92. The molecule has 0 radical (unpaired) electrons. The van der Waals surface area contributed by atoms with E-state index in [0.29, 0.717) is 6.42 Å². The van der Waals surface area contributed by atoms with Crippen LogP contribution < -0.4 is 0 Å². The van der Waals surface area contributed by atoms with Gasteiger partial charge in [0.25, 0.3) is 0 Å². The highest BCUT2D eigenvalue weighted by Crippen LogP contribution is 2.20. The number of aliphatic hydroxyl groups excluding tert-OH is 1. The molecule has 1 N–H and O–H groups in total. The van der Waals surface area contributed by atoms with Crippen LogP contribution >= 0.6 is 0 Å². The van der Waals surface area contributed by atoms with Crippen LogP contribution in [0.3, 0.4) is 0 Å². The van der Waals surface area contributed by atoms with Crippen LogP contribution in [0.2, 0.25) is 0 Å². The first-order valence-corrected chi connectivity index (χ1v) is 5.85. The van der Waals surface area contributed by atoms with E-state index in [4.69, 9.17) is 5.11 Å². The topological polar surface area (TPSA) is 33.1 Å². The molecule has 0 fully saturated rings. The Morgan fingerprint density at radius 3 is 2.59 bits per heavy atom. The van der Waals surface area contributed by atoms with Crippen LogP contribution in [-0.4, -0.2) is 16.7 Å². The van der Waals surface area contributed by atoms with Crippen molar-refractivity contribution in [2.24, 2.45) is 0 Å². The number of aryl methyl sites for hydroxylation is 2. The zero-order chi connectivity index (χ0) is 12.3. The second-order valence-corrected chi connectivity index (χ2v) is 4.29. The van der Waals surface area contributed by atoms with Crippen molar-refractivity contribution >= 4 is 0 Å². The van der Waals surface area contributed by atoms with Gasteiger partial charge in [-0.15, -0.1) is 0 Å². The molecule has 0 amide bonds. The third-order valence-corrected chi connectivity index (χ3v) is 2.98. The quantitative estimate of drug-likeness (QED) is 0.874. The zero-order valence-corrected chi connectivity index (χ0v) is 10.3. The van der Waals surface area contributed by atoms with Crippen molar-refractivity contribution in [1.82, 2.24) is 4.98 Å². The first-order chi connectivity index (χ1) is 8.20. The molecule has 88 valence electrons. The van der Waals surface area contributed by atoms with E-state index in [0.717, 1.165) is 17.0 Å². The maximum Gasteiger partial charge on any atom is 0.0705 e. The molecule has 0 unspecified atom stereocenters. The molecule has 0 bridgehead atoms. The van der Waals surface area contributed by atoms with E-state index in [2.05, 4.69) is 37.0 Å². The third kappa shape index (κ3) is 2.71. The van der Waals surface area contributed by atoms with E-state index >= 15 is 0 Å². The number of rotatable bonds is 3. The smallest absolute Gasteiger partial charge is 0.0705 e. The molecule has 1 aromatic heterocycles. The fourth-order valence-corrected chi connectivity index (χ4v) is 1.79. The summed E-state index contributed by atoms with van der Waals surface area (Å²) in [5, 5.41) is 8.92. The van der Waals surface area contributed by atoms with Gasteiger partial charge in [-0.1, -0.05) is 18.2 Å². The van der Waals surface area contributed by atoms with Gasteiger partial charge in [-0.2, -0.15) is 0 Å². The Balaban J connectivity index is 2.38. The lowest BCUT2D eigenvalue weighted by Crippen LogP contribution is -1.96. The number of hydrogen-bond acceptors (Lipinski definition) is 2. The van der Waals surface area contributed by atoms with E-state index in [1.165, 1.54) is 11.1 Å². The molecule has 2 rings (SSSR count). The SMILES string of the molecule is Cc1ccc(-c2cccc(CCO)n2)cc1C. The molecular formula is C15H17NO. The van der Waals surface area contributed by atoms with Crippen molar-refractivity contribution in [3.05, 3.63) is 53.2 Å². The first kappa shape index (κ1) is 11.8. The maximum atomic E-state index is 8.92. The molecule has 0 aliphatic carbocycles. The van der Waals surface area contributed by atoms with Crippen molar-refractivity contribution in [3.63, 3.8) is 0 Å². The van der Waals surface area contributed by atoms with Gasteiger partial charge in [0.1, 0.15) is 0 Å². The van der Waals surface area contributed by atoms with Gasteiger partial charge in [0.2, 0.25) is 0 Å². The number of nitrogens with zero attached hydrogens (tertiary/aromatic N) is 1. The summed E-state index contributed by atoms with van der Waals surface area (Å²) in [5.41, 5.74) is 5.60. The van der Waals surface area contributed by atoms with Crippen LogP contribution in [0.25, 0.3) is 11.3 Å². The summed E-state index contributed by atoms with van der Waals surface area (Å²) in [6, 6.07) is 12.3.